The van der Waals surface area contributed by atoms with Crippen LogP contribution in [0.15, 0.2) is 0 Å². The van der Waals surface area contributed by atoms with E-state index in [1.807, 2.05) is 20.6 Å². The van der Waals surface area contributed by atoms with Crippen molar-refractivity contribution >= 4 is 6.79 Å². The van der Waals surface area contributed by atoms with E-state index in [9.17, 15) is 5.11 Å². The summed E-state index contributed by atoms with van der Waals surface area (Å²) in [4.78, 5) is 8.00. The van der Waals surface area contributed by atoms with Gasteiger partial charge in [0, 0.05) is 0 Å². The third-order valence-corrected chi connectivity index (χ3v) is 3.36. The maximum Gasteiger partial charge on any atom is 0.106 e. The van der Waals surface area contributed by atoms with Crippen molar-refractivity contribution in [2.75, 3.05) is 0 Å². The molecular weight excluding hydrogens is 212 g/mol. The van der Waals surface area contributed by atoms with E-state index in [2.05, 4.69) is 34.6 Å². The lowest BCUT2D eigenvalue weighted by atomic mass is 9.92. The van der Waals surface area contributed by atoms with Gasteiger partial charge in [-0.25, -0.2) is 0 Å². The minimum atomic E-state index is -0.366. The van der Waals surface area contributed by atoms with Gasteiger partial charge in [0.05, 0.1) is 5.60 Å². The van der Waals surface area contributed by atoms with Crippen LogP contribution in [0.25, 0.3) is 0 Å². The zero-order chi connectivity index (χ0) is 14.5. The number of rotatable bonds is 5. The van der Waals surface area contributed by atoms with Gasteiger partial charge in [0.15, 0.2) is 0 Å². The highest BCUT2D eigenvalue weighted by Crippen LogP contribution is 2.20. The van der Waals surface area contributed by atoms with Crippen LogP contribution in [0.1, 0.15) is 74.1 Å². The molecule has 0 spiro atoms. The molecule has 0 amide bonds. The Labute approximate surface area is 109 Å². The molecule has 0 saturated heterocycles. The minimum Gasteiger partial charge on any atom is -0.390 e. The van der Waals surface area contributed by atoms with Crippen LogP contribution in [0.5, 0.6) is 0 Å². The van der Waals surface area contributed by atoms with Crippen molar-refractivity contribution in [3.05, 3.63) is 0 Å². The first-order chi connectivity index (χ1) is 7.82. The van der Waals surface area contributed by atoms with Crippen LogP contribution in [0, 0.1) is 11.8 Å². The summed E-state index contributed by atoms with van der Waals surface area (Å²) in [7, 11) is 0. The molecule has 0 aromatic heterocycles. The normalized spacial score (nSPS) is 10.5. The molecule has 17 heavy (non-hydrogen) atoms. The fourth-order valence-electron chi connectivity index (χ4n) is 1.07. The number of aliphatic hydroxyl groups is 1. The lowest BCUT2D eigenvalue weighted by Crippen LogP contribution is -2.25. The molecule has 0 atom stereocenters. The number of carbonyl (C=O) groups excluding carboxylic acids is 1. The first kappa shape index (κ1) is 21.9. The van der Waals surface area contributed by atoms with Crippen LogP contribution in [0.3, 0.4) is 0 Å². The third kappa shape index (κ3) is 15.6. The van der Waals surface area contributed by atoms with Crippen LogP contribution in [0.2, 0.25) is 0 Å². The monoisotopic (exact) mass is 246 g/mol. The molecule has 1 N–H and O–H groups in total. The molecule has 0 radical (unpaired) electrons. The third-order valence-electron chi connectivity index (χ3n) is 3.36. The Morgan fingerprint density at radius 2 is 1.24 bits per heavy atom. The van der Waals surface area contributed by atoms with E-state index in [1.165, 1.54) is 0 Å². The molecule has 0 saturated carbocycles. The van der Waals surface area contributed by atoms with E-state index in [1.54, 1.807) is 0 Å². The van der Waals surface area contributed by atoms with Gasteiger partial charge in [-0.3, -0.25) is 0 Å². The van der Waals surface area contributed by atoms with Gasteiger partial charge in [-0.05, 0) is 31.1 Å². The molecule has 0 aliphatic heterocycles. The summed E-state index contributed by atoms with van der Waals surface area (Å²) >= 11 is 0. The fourth-order valence-corrected chi connectivity index (χ4v) is 1.07. The molecule has 0 aromatic carbocycles. The average molecular weight is 246 g/mol. The molecule has 0 fully saturated rings. The first-order valence-electron chi connectivity index (χ1n) is 6.84. The molecular formula is C15H34O2. The largest absolute Gasteiger partial charge is 0.390 e. The Kier molecular flexibility index (Phi) is 17.6. The van der Waals surface area contributed by atoms with Gasteiger partial charge >= 0.3 is 0 Å². The van der Waals surface area contributed by atoms with Crippen LogP contribution in [-0.4, -0.2) is 17.5 Å². The first-order valence-corrected chi connectivity index (χ1v) is 6.84. The Balaban J connectivity index is -0.000000213. The van der Waals surface area contributed by atoms with Crippen LogP contribution in [-0.2, 0) is 4.79 Å². The Hall–Kier alpha value is -0.370. The van der Waals surface area contributed by atoms with Crippen molar-refractivity contribution in [2.45, 2.75) is 79.8 Å². The van der Waals surface area contributed by atoms with Gasteiger partial charge in [-0.1, -0.05) is 54.9 Å². The van der Waals surface area contributed by atoms with E-state index >= 15 is 0 Å². The molecule has 2 nitrogen and oxygen atoms in total. The Morgan fingerprint density at radius 1 is 0.941 bits per heavy atom. The van der Waals surface area contributed by atoms with Gasteiger partial charge in [-0.15, -0.1) is 0 Å². The highest BCUT2D eigenvalue weighted by Gasteiger charge is 2.19. The maximum absolute atomic E-state index is 9.63. The van der Waals surface area contributed by atoms with Crippen molar-refractivity contribution in [1.29, 1.82) is 0 Å². The second-order valence-corrected chi connectivity index (χ2v) is 5.17. The minimum absolute atomic E-state index is 0.366. The number of hydrogen-bond acceptors (Lipinski definition) is 2. The molecule has 0 aliphatic carbocycles. The van der Waals surface area contributed by atoms with Crippen molar-refractivity contribution < 1.29 is 9.90 Å². The van der Waals surface area contributed by atoms with E-state index in [0.29, 0.717) is 0 Å². The zero-order valence-corrected chi connectivity index (χ0v) is 13.0. The van der Waals surface area contributed by atoms with Crippen molar-refractivity contribution in [3.8, 4) is 0 Å². The summed E-state index contributed by atoms with van der Waals surface area (Å²) in [5.41, 5.74) is -0.366. The second-order valence-electron chi connectivity index (χ2n) is 5.17. The Bertz CT molecular complexity index is 132. The van der Waals surface area contributed by atoms with Crippen molar-refractivity contribution in [2.24, 2.45) is 11.8 Å². The van der Waals surface area contributed by atoms with E-state index < -0.39 is 0 Å². The van der Waals surface area contributed by atoms with E-state index in [4.69, 9.17) is 4.79 Å². The van der Waals surface area contributed by atoms with Crippen molar-refractivity contribution in [1.82, 2.24) is 0 Å². The molecule has 0 aromatic rings. The molecule has 0 heterocycles. The lowest BCUT2D eigenvalue weighted by molar-refractivity contribution is -0.0979. The summed E-state index contributed by atoms with van der Waals surface area (Å²) in [6.07, 6.45) is 3.80. The summed E-state index contributed by atoms with van der Waals surface area (Å²) in [5, 5.41) is 9.63. The summed E-state index contributed by atoms with van der Waals surface area (Å²) in [5.74, 6) is 1.70. The van der Waals surface area contributed by atoms with Gasteiger partial charge in [-0.2, -0.15) is 0 Å². The average Bonchev–Trinajstić information content (AvgIpc) is 2.32. The lowest BCUT2D eigenvalue weighted by Gasteiger charge is -2.23. The Morgan fingerprint density at radius 3 is 1.29 bits per heavy atom. The van der Waals surface area contributed by atoms with Crippen molar-refractivity contribution in [3.63, 3.8) is 0 Å². The standard InChI is InChI=1S/C8H18O.C6H14.CH2O/c1-4-7-8(9,5-2)6-3;1-5(2)6(3)4;1-2/h9H,4-7H2,1-3H3;5-6H,1-4H3;1H2. The van der Waals surface area contributed by atoms with Crippen LogP contribution < -0.4 is 0 Å². The molecule has 0 rings (SSSR count). The van der Waals surface area contributed by atoms with Gasteiger partial charge < -0.3 is 9.90 Å². The molecule has 0 aliphatic rings. The van der Waals surface area contributed by atoms with Gasteiger partial charge in [0.25, 0.3) is 0 Å². The number of carbonyl (C=O) groups is 1. The topological polar surface area (TPSA) is 37.3 Å². The predicted molar refractivity (Wildman–Crippen MR) is 77.2 cm³/mol. The summed E-state index contributed by atoms with van der Waals surface area (Å²) in [6, 6.07) is 0. The number of hydrogen-bond donors (Lipinski definition) is 1. The molecule has 0 bridgehead atoms. The SMILES string of the molecule is C=O.CC(C)C(C)C.CCCC(O)(CC)CC. The highest BCUT2D eigenvalue weighted by molar-refractivity contribution is 5.10. The summed E-state index contributed by atoms with van der Waals surface area (Å²) < 4.78 is 0. The molecule has 0 unspecified atom stereocenters. The quantitative estimate of drug-likeness (QED) is 0.778. The second kappa shape index (κ2) is 13.7. The van der Waals surface area contributed by atoms with Gasteiger partial charge in [0.1, 0.15) is 6.79 Å². The summed E-state index contributed by atoms with van der Waals surface area (Å²) in [6.45, 7) is 17.2. The van der Waals surface area contributed by atoms with Gasteiger partial charge in [0.2, 0.25) is 0 Å². The highest BCUT2D eigenvalue weighted by atomic mass is 16.3. The smallest absolute Gasteiger partial charge is 0.106 e. The molecule has 2 heteroatoms. The molecule has 106 valence electrons. The maximum atomic E-state index is 9.63. The predicted octanol–water partition coefficient (Wildman–Crippen LogP) is 4.45. The van der Waals surface area contributed by atoms with Crippen LogP contribution >= 0.6 is 0 Å². The zero-order valence-electron chi connectivity index (χ0n) is 13.0. The van der Waals surface area contributed by atoms with E-state index in [-0.39, 0.29) is 5.60 Å². The fraction of sp³-hybridized carbons (Fsp3) is 0.933. The van der Waals surface area contributed by atoms with E-state index in [0.717, 1.165) is 37.5 Å². The van der Waals surface area contributed by atoms with Crippen LogP contribution in [0.4, 0.5) is 0 Å².